The van der Waals surface area contributed by atoms with Gasteiger partial charge < -0.3 is 25.0 Å². The lowest BCUT2D eigenvalue weighted by atomic mass is 9.97. The number of hydrogen-bond acceptors (Lipinski definition) is 6. The number of aliphatic hydroxyl groups excluding tert-OH is 2. The molecule has 0 aromatic rings. The monoisotopic (exact) mass is 237 g/mol. The van der Waals surface area contributed by atoms with E-state index in [1.807, 2.05) is 0 Å². The van der Waals surface area contributed by atoms with Crippen LogP contribution in [0, 0.1) is 0 Å². The van der Waals surface area contributed by atoms with Crippen molar-refractivity contribution in [3.8, 4) is 0 Å². The van der Waals surface area contributed by atoms with Gasteiger partial charge in [0.25, 0.3) is 0 Å². The van der Waals surface area contributed by atoms with Gasteiger partial charge in [-0.2, -0.15) is 12.6 Å². The third-order valence-electron chi connectivity index (χ3n) is 2.57. The van der Waals surface area contributed by atoms with Crippen LogP contribution in [0.3, 0.4) is 0 Å². The van der Waals surface area contributed by atoms with Gasteiger partial charge in [-0.1, -0.05) is 0 Å². The quantitative estimate of drug-likeness (QED) is 0.472. The molecule has 1 aliphatic heterocycles. The van der Waals surface area contributed by atoms with Crippen LogP contribution in [-0.4, -0.2) is 60.3 Å². The summed E-state index contributed by atoms with van der Waals surface area (Å²) in [4.78, 5) is 0. The van der Waals surface area contributed by atoms with Gasteiger partial charge in [0.1, 0.15) is 6.10 Å². The van der Waals surface area contributed by atoms with Crippen molar-refractivity contribution in [3.63, 3.8) is 0 Å². The van der Waals surface area contributed by atoms with Crippen molar-refractivity contribution in [3.05, 3.63) is 0 Å². The molecule has 0 spiro atoms. The maximum Gasteiger partial charge on any atom is 0.185 e. The first-order chi connectivity index (χ1) is 7.11. The average molecular weight is 237 g/mol. The zero-order valence-electron chi connectivity index (χ0n) is 8.96. The van der Waals surface area contributed by atoms with Gasteiger partial charge in [0.2, 0.25) is 0 Å². The van der Waals surface area contributed by atoms with Gasteiger partial charge in [0.05, 0.1) is 18.2 Å². The fourth-order valence-electron chi connectivity index (χ4n) is 1.70. The largest absolute Gasteiger partial charge is 0.389 e. The number of ether oxygens (including phenoxy) is 2. The zero-order valence-corrected chi connectivity index (χ0v) is 9.85. The third kappa shape index (κ3) is 3.05. The van der Waals surface area contributed by atoms with Crippen molar-refractivity contribution in [2.24, 2.45) is 0 Å². The molecular formula is C9H19NO4S. The molecule has 1 heterocycles. The molecule has 6 heteroatoms. The maximum absolute atomic E-state index is 9.85. The molecule has 5 atom stereocenters. The van der Waals surface area contributed by atoms with E-state index in [2.05, 4.69) is 17.9 Å². The van der Waals surface area contributed by atoms with E-state index >= 15 is 0 Å². The SMILES string of the molecule is COC1OC(C)C(O)C(NCCS)C1O. The van der Waals surface area contributed by atoms with Crippen LogP contribution >= 0.6 is 12.6 Å². The summed E-state index contributed by atoms with van der Waals surface area (Å²) in [6, 6.07) is -0.439. The number of methoxy groups -OCH3 is 1. The molecule has 1 aliphatic rings. The van der Waals surface area contributed by atoms with Crippen molar-refractivity contribution in [2.75, 3.05) is 19.4 Å². The van der Waals surface area contributed by atoms with Crippen LogP contribution in [0.4, 0.5) is 0 Å². The second kappa shape index (κ2) is 6.03. The summed E-state index contributed by atoms with van der Waals surface area (Å²) >= 11 is 4.06. The Morgan fingerprint density at radius 3 is 2.60 bits per heavy atom. The Morgan fingerprint density at radius 2 is 2.07 bits per heavy atom. The number of rotatable bonds is 4. The predicted octanol–water partition coefficient (Wildman–Crippen LogP) is -1.01. The van der Waals surface area contributed by atoms with Crippen LogP contribution in [0.5, 0.6) is 0 Å². The number of thiol groups is 1. The molecule has 0 amide bonds. The first-order valence-corrected chi connectivity index (χ1v) is 5.63. The molecule has 1 fully saturated rings. The molecule has 90 valence electrons. The number of aliphatic hydroxyl groups is 2. The van der Waals surface area contributed by atoms with E-state index < -0.39 is 24.5 Å². The molecule has 0 bridgehead atoms. The molecular weight excluding hydrogens is 218 g/mol. The maximum atomic E-state index is 9.85. The lowest BCUT2D eigenvalue weighted by Crippen LogP contribution is -2.62. The Labute approximate surface area is 95.2 Å². The van der Waals surface area contributed by atoms with Gasteiger partial charge in [0.15, 0.2) is 6.29 Å². The topological polar surface area (TPSA) is 71.0 Å². The summed E-state index contributed by atoms with van der Waals surface area (Å²) in [5.41, 5.74) is 0. The minimum atomic E-state index is -0.874. The summed E-state index contributed by atoms with van der Waals surface area (Å²) in [6.45, 7) is 2.36. The summed E-state index contributed by atoms with van der Waals surface area (Å²) in [5, 5.41) is 22.7. The Bertz CT molecular complexity index is 195. The van der Waals surface area contributed by atoms with Crippen LogP contribution < -0.4 is 5.32 Å². The van der Waals surface area contributed by atoms with E-state index in [-0.39, 0.29) is 6.10 Å². The van der Waals surface area contributed by atoms with E-state index in [9.17, 15) is 10.2 Å². The molecule has 0 aromatic heterocycles. The highest BCUT2D eigenvalue weighted by molar-refractivity contribution is 7.80. The normalized spacial score (nSPS) is 41.8. The standard InChI is InChI=1S/C9H19NO4S/c1-5-7(11)6(10-3-4-15)8(12)9(13-2)14-5/h5-12,15H,3-4H2,1-2H3. The summed E-state index contributed by atoms with van der Waals surface area (Å²) in [5.74, 6) is 0.642. The van der Waals surface area contributed by atoms with Crippen LogP contribution in [0.2, 0.25) is 0 Å². The van der Waals surface area contributed by atoms with Gasteiger partial charge in [0, 0.05) is 19.4 Å². The molecule has 3 N–H and O–H groups in total. The molecule has 0 radical (unpaired) electrons. The lowest BCUT2D eigenvalue weighted by molar-refractivity contribution is -0.262. The first kappa shape index (κ1) is 13.2. The Balaban J connectivity index is 2.62. The van der Waals surface area contributed by atoms with Gasteiger partial charge in [-0.15, -0.1) is 0 Å². The summed E-state index contributed by atoms with van der Waals surface area (Å²) < 4.78 is 10.3. The van der Waals surface area contributed by atoms with Gasteiger partial charge in [-0.3, -0.25) is 0 Å². The Hall–Kier alpha value is 0.150. The van der Waals surface area contributed by atoms with Crippen molar-refractivity contribution in [1.29, 1.82) is 0 Å². The van der Waals surface area contributed by atoms with E-state index in [0.717, 1.165) is 0 Å². The van der Waals surface area contributed by atoms with Crippen molar-refractivity contribution in [1.82, 2.24) is 5.32 Å². The highest BCUT2D eigenvalue weighted by Crippen LogP contribution is 2.21. The zero-order chi connectivity index (χ0) is 11.4. The molecule has 15 heavy (non-hydrogen) atoms. The van der Waals surface area contributed by atoms with Crippen LogP contribution in [-0.2, 0) is 9.47 Å². The molecule has 5 nitrogen and oxygen atoms in total. The molecule has 0 aromatic carbocycles. The van der Waals surface area contributed by atoms with E-state index in [1.54, 1.807) is 6.92 Å². The van der Waals surface area contributed by atoms with E-state index in [1.165, 1.54) is 7.11 Å². The fraction of sp³-hybridized carbons (Fsp3) is 1.00. The van der Waals surface area contributed by atoms with Gasteiger partial charge in [-0.25, -0.2) is 0 Å². The number of nitrogens with one attached hydrogen (secondary N) is 1. The second-order valence-corrected chi connectivity index (χ2v) is 4.08. The predicted molar refractivity (Wildman–Crippen MR) is 59.0 cm³/mol. The minimum absolute atomic E-state index is 0.365. The Morgan fingerprint density at radius 1 is 1.40 bits per heavy atom. The summed E-state index contributed by atoms with van der Waals surface area (Å²) in [6.07, 6.45) is -2.68. The fourth-order valence-corrected chi connectivity index (χ4v) is 1.83. The third-order valence-corrected chi connectivity index (χ3v) is 2.79. The molecule has 1 saturated heterocycles. The van der Waals surface area contributed by atoms with Gasteiger partial charge >= 0.3 is 0 Å². The van der Waals surface area contributed by atoms with E-state index in [0.29, 0.717) is 12.3 Å². The minimum Gasteiger partial charge on any atom is -0.389 e. The van der Waals surface area contributed by atoms with Crippen LogP contribution in [0.25, 0.3) is 0 Å². The highest BCUT2D eigenvalue weighted by atomic mass is 32.1. The smallest absolute Gasteiger partial charge is 0.185 e. The second-order valence-electron chi connectivity index (χ2n) is 3.63. The van der Waals surface area contributed by atoms with Crippen molar-refractivity contribution in [2.45, 2.75) is 37.6 Å². The molecule has 1 rings (SSSR count). The van der Waals surface area contributed by atoms with Crippen molar-refractivity contribution >= 4 is 12.6 Å². The van der Waals surface area contributed by atoms with Crippen LogP contribution in [0.15, 0.2) is 0 Å². The first-order valence-electron chi connectivity index (χ1n) is 5.00. The van der Waals surface area contributed by atoms with Crippen molar-refractivity contribution < 1.29 is 19.7 Å². The summed E-state index contributed by atoms with van der Waals surface area (Å²) in [7, 11) is 1.47. The number of hydrogen-bond donors (Lipinski definition) is 4. The molecule has 0 saturated carbocycles. The highest BCUT2D eigenvalue weighted by Gasteiger charge is 2.42. The lowest BCUT2D eigenvalue weighted by Gasteiger charge is -2.41. The van der Waals surface area contributed by atoms with E-state index in [4.69, 9.17) is 9.47 Å². The Kier molecular flexibility index (Phi) is 5.31. The van der Waals surface area contributed by atoms with Gasteiger partial charge in [-0.05, 0) is 6.92 Å². The molecule has 5 unspecified atom stereocenters. The average Bonchev–Trinajstić information content (AvgIpc) is 2.23. The molecule has 0 aliphatic carbocycles. The van der Waals surface area contributed by atoms with Crippen LogP contribution in [0.1, 0.15) is 6.92 Å².